The summed E-state index contributed by atoms with van der Waals surface area (Å²) < 4.78 is 0. The van der Waals surface area contributed by atoms with Gasteiger partial charge in [-0.15, -0.1) is 11.3 Å². The van der Waals surface area contributed by atoms with Crippen molar-refractivity contribution < 1.29 is 0 Å². The second-order valence-corrected chi connectivity index (χ2v) is 5.25. The number of hydrogen-bond donors (Lipinski definition) is 1. The third-order valence-corrected chi connectivity index (χ3v) is 3.64. The van der Waals surface area contributed by atoms with Gasteiger partial charge in [-0.3, -0.25) is 0 Å². The molecule has 2 nitrogen and oxygen atoms in total. The highest BCUT2D eigenvalue weighted by molar-refractivity contribution is 7.15. The molecule has 76 valence electrons. The molecule has 0 bridgehead atoms. The maximum atomic E-state index is 5.96. The predicted octanol–water partition coefficient (Wildman–Crippen LogP) is 3.75. The number of rotatable bonds is 0. The van der Waals surface area contributed by atoms with Crippen LogP contribution in [0.4, 0.5) is 10.7 Å². The highest BCUT2D eigenvalue weighted by Crippen LogP contribution is 2.37. The van der Waals surface area contributed by atoms with Crippen LogP contribution in [0.2, 0.25) is 5.02 Å². The molecule has 0 unspecified atom stereocenters. The van der Waals surface area contributed by atoms with Gasteiger partial charge in [0.05, 0.1) is 10.7 Å². The molecule has 2 aromatic rings. The van der Waals surface area contributed by atoms with Gasteiger partial charge in [-0.2, -0.15) is 0 Å². The second kappa shape index (κ2) is 3.22. The van der Waals surface area contributed by atoms with Crippen molar-refractivity contribution >= 4 is 33.6 Å². The molecule has 15 heavy (non-hydrogen) atoms. The molecular formula is C11H9ClN2S. The molecule has 0 amide bonds. The van der Waals surface area contributed by atoms with E-state index >= 15 is 0 Å². The van der Waals surface area contributed by atoms with Crippen molar-refractivity contribution in [3.8, 4) is 0 Å². The maximum absolute atomic E-state index is 5.96. The number of hydrogen-bond acceptors (Lipinski definition) is 3. The summed E-state index contributed by atoms with van der Waals surface area (Å²) in [5.41, 5.74) is 3.50. The number of halogens is 1. The fourth-order valence-electron chi connectivity index (χ4n) is 1.82. The minimum atomic E-state index is 0.783. The molecule has 1 aromatic heterocycles. The number of aromatic nitrogens is 1. The molecule has 0 saturated carbocycles. The normalized spacial score (nSPS) is 12.9. The van der Waals surface area contributed by atoms with Gasteiger partial charge in [-0.05, 0) is 30.7 Å². The van der Waals surface area contributed by atoms with Gasteiger partial charge < -0.3 is 5.32 Å². The van der Waals surface area contributed by atoms with Crippen LogP contribution in [0.15, 0.2) is 18.2 Å². The van der Waals surface area contributed by atoms with Crippen LogP contribution < -0.4 is 5.32 Å². The highest BCUT2D eigenvalue weighted by Gasteiger charge is 2.18. The van der Waals surface area contributed by atoms with Crippen LogP contribution >= 0.6 is 22.9 Å². The zero-order chi connectivity index (χ0) is 10.4. The number of benzene rings is 1. The number of aryl methyl sites for hydroxylation is 1. The van der Waals surface area contributed by atoms with Crippen LogP contribution in [0.5, 0.6) is 0 Å². The summed E-state index contributed by atoms with van der Waals surface area (Å²) in [6.45, 7) is 2.03. The minimum Gasteiger partial charge on any atom is -0.345 e. The van der Waals surface area contributed by atoms with E-state index in [4.69, 9.17) is 11.6 Å². The van der Waals surface area contributed by atoms with Crippen LogP contribution in [0.25, 0.3) is 0 Å². The molecule has 1 aromatic carbocycles. The lowest BCUT2D eigenvalue weighted by Gasteiger charge is -2.16. The largest absolute Gasteiger partial charge is 0.345 e. The first-order chi connectivity index (χ1) is 7.22. The van der Waals surface area contributed by atoms with Gasteiger partial charge in [0.25, 0.3) is 0 Å². The van der Waals surface area contributed by atoms with Crippen molar-refractivity contribution in [3.05, 3.63) is 39.5 Å². The van der Waals surface area contributed by atoms with Crippen molar-refractivity contribution in [1.29, 1.82) is 0 Å². The van der Waals surface area contributed by atoms with Gasteiger partial charge in [0.1, 0.15) is 5.00 Å². The number of nitrogens with zero attached hydrogens (tertiary/aromatic N) is 1. The average Bonchev–Trinajstić information content (AvgIpc) is 2.53. The fourth-order valence-corrected chi connectivity index (χ4v) is 2.86. The maximum Gasteiger partial charge on any atom is 0.117 e. The Morgan fingerprint density at radius 3 is 3.20 bits per heavy atom. The minimum absolute atomic E-state index is 0.783. The standard InChI is InChI=1S/C11H9ClN2S/c1-6-13-10-5-7-4-8(12)2-3-9(7)14-11(10)15-6/h2-4,14H,5H2,1H3. The van der Waals surface area contributed by atoms with E-state index in [0.717, 1.165) is 27.8 Å². The molecule has 0 aliphatic carbocycles. The lowest BCUT2D eigenvalue weighted by Crippen LogP contribution is -2.04. The molecule has 0 saturated heterocycles. The molecule has 1 aliphatic rings. The second-order valence-electron chi connectivity index (χ2n) is 3.61. The molecule has 2 heterocycles. The monoisotopic (exact) mass is 236 g/mol. The third-order valence-electron chi connectivity index (χ3n) is 2.48. The Kier molecular flexibility index (Phi) is 1.97. The van der Waals surface area contributed by atoms with E-state index in [2.05, 4.69) is 10.3 Å². The molecule has 0 fully saturated rings. The van der Waals surface area contributed by atoms with Crippen LogP contribution in [-0.4, -0.2) is 4.98 Å². The molecule has 0 atom stereocenters. The third kappa shape index (κ3) is 1.52. The molecule has 1 aliphatic heterocycles. The zero-order valence-electron chi connectivity index (χ0n) is 8.17. The van der Waals surface area contributed by atoms with Crippen molar-refractivity contribution in [2.75, 3.05) is 5.32 Å². The summed E-state index contributed by atoms with van der Waals surface area (Å²) in [5.74, 6) is 0. The van der Waals surface area contributed by atoms with Crippen molar-refractivity contribution in [2.24, 2.45) is 0 Å². The lowest BCUT2D eigenvalue weighted by molar-refractivity contribution is 1.07. The molecule has 4 heteroatoms. The highest BCUT2D eigenvalue weighted by atomic mass is 35.5. The average molecular weight is 237 g/mol. The van der Waals surface area contributed by atoms with Gasteiger partial charge in [0.15, 0.2) is 0 Å². The summed E-state index contributed by atoms with van der Waals surface area (Å²) in [6.07, 6.45) is 0.878. The van der Waals surface area contributed by atoms with Gasteiger partial charge in [-0.1, -0.05) is 11.6 Å². The SMILES string of the molecule is Cc1nc2c(s1)Nc1ccc(Cl)cc1C2. The summed E-state index contributed by atoms with van der Waals surface area (Å²) in [6, 6.07) is 5.93. The number of anilines is 2. The Labute approximate surface area is 96.9 Å². The number of nitrogens with one attached hydrogen (secondary N) is 1. The van der Waals surface area contributed by atoms with E-state index in [1.54, 1.807) is 11.3 Å². The van der Waals surface area contributed by atoms with Gasteiger partial charge in [0, 0.05) is 17.1 Å². The van der Waals surface area contributed by atoms with E-state index < -0.39 is 0 Å². The smallest absolute Gasteiger partial charge is 0.117 e. The van der Waals surface area contributed by atoms with Crippen LogP contribution in [-0.2, 0) is 6.42 Å². The summed E-state index contributed by atoms with van der Waals surface area (Å²) in [7, 11) is 0. The Morgan fingerprint density at radius 2 is 2.33 bits per heavy atom. The first kappa shape index (κ1) is 9.19. The van der Waals surface area contributed by atoms with Gasteiger partial charge in [0.2, 0.25) is 0 Å². The summed E-state index contributed by atoms with van der Waals surface area (Å²) in [5, 5.41) is 6.44. The van der Waals surface area contributed by atoms with Crippen LogP contribution in [0.1, 0.15) is 16.3 Å². The Bertz CT molecular complexity index is 533. The van der Waals surface area contributed by atoms with E-state index in [1.165, 1.54) is 10.6 Å². The number of fused-ring (bicyclic) bond motifs is 2. The zero-order valence-corrected chi connectivity index (χ0v) is 9.75. The Hall–Kier alpha value is -1.06. The van der Waals surface area contributed by atoms with Crippen LogP contribution in [0.3, 0.4) is 0 Å². The molecule has 3 rings (SSSR count). The molecule has 0 spiro atoms. The molecular weight excluding hydrogens is 228 g/mol. The fraction of sp³-hybridized carbons (Fsp3) is 0.182. The lowest BCUT2D eigenvalue weighted by atomic mass is 10.0. The molecule has 0 radical (unpaired) electrons. The topological polar surface area (TPSA) is 24.9 Å². The van der Waals surface area contributed by atoms with Crippen LogP contribution in [0, 0.1) is 6.92 Å². The first-order valence-corrected chi connectivity index (χ1v) is 5.93. The van der Waals surface area contributed by atoms with E-state index in [1.807, 2.05) is 25.1 Å². The molecule has 1 N–H and O–H groups in total. The summed E-state index contributed by atoms with van der Waals surface area (Å²) in [4.78, 5) is 4.49. The van der Waals surface area contributed by atoms with Crippen molar-refractivity contribution in [2.45, 2.75) is 13.3 Å². The van der Waals surface area contributed by atoms with Crippen molar-refractivity contribution in [1.82, 2.24) is 4.98 Å². The van der Waals surface area contributed by atoms with E-state index in [-0.39, 0.29) is 0 Å². The van der Waals surface area contributed by atoms with E-state index in [0.29, 0.717) is 0 Å². The van der Waals surface area contributed by atoms with Gasteiger partial charge in [-0.25, -0.2) is 4.98 Å². The van der Waals surface area contributed by atoms with Gasteiger partial charge >= 0.3 is 0 Å². The van der Waals surface area contributed by atoms with Crippen molar-refractivity contribution in [3.63, 3.8) is 0 Å². The number of thiazole rings is 1. The Balaban J connectivity index is 2.10. The summed E-state index contributed by atoms with van der Waals surface area (Å²) >= 11 is 7.67. The first-order valence-electron chi connectivity index (χ1n) is 4.74. The quantitative estimate of drug-likeness (QED) is 0.643. The Morgan fingerprint density at radius 1 is 1.47 bits per heavy atom. The van der Waals surface area contributed by atoms with E-state index in [9.17, 15) is 0 Å². The predicted molar refractivity (Wildman–Crippen MR) is 64.4 cm³/mol.